The van der Waals surface area contributed by atoms with Crippen LogP contribution in [-0.2, 0) is 11.3 Å². The maximum Gasteiger partial charge on any atom is 0.225 e. The summed E-state index contributed by atoms with van der Waals surface area (Å²) in [6, 6.07) is 6.14. The Morgan fingerprint density at radius 3 is 2.67 bits per heavy atom. The summed E-state index contributed by atoms with van der Waals surface area (Å²) >= 11 is 0. The van der Waals surface area contributed by atoms with Crippen LogP contribution in [0.25, 0.3) is 16.9 Å². The van der Waals surface area contributed by atoms with Crippen LogP contribution < -0.4 is 4.90 Å². The van der Waals surface area contributed by atoms with Crippen LogP contribution in [0, 0.1) is 0 Å². The lowest BCUT2D eigenvalue weighted by Crippen LogP contribution is -2.37. The van der Waals surface area contributed by atoms with Gasteiger partial charge in [0.25, 0.3) is 0 Å². The van der Waals surface area contributed by atoms with Crippen LogP contribution >= 0.6 is 0 Å². The zero-order valence-electron chi connectivity index (χ0n) is 14.8. The minimum Gasteiger partial charge on any atom is -0.378 e. The van der Waals surface area contributed by atoms with E-state index in [2.05, 4.69) is 35.6 Å². The van der Waals surface area contributed by atoms with Gasteiger partial charge in [-0.15, -0.1) is 0 Å². The van der Waals surface area contributed by atoms with Crippen LogP contribution in [0.15, 0.2) is 55.4 Å². The van der Waals surface area contributed by atoms with E-state index in [0.29, 0.717) is 6.54 Å². The number of hydrogen-bond acceptors (Lipinski definition) is 6. The average molecular weight is 361 g/mol. The molecular formula is C19H19N7O. The van der Waals surface area contributed by atoms with E-state index in [9.17, 15) is 0 Å². The monoisotopic (exact) mass is 361 g/mol. The predicted molar refractivity (Wildman–Crippen MR) is 101 cm³/mol. The number of pyridine rings is 1. The Balaban J connectivity index is 1.42. The van der Waals surface area contributed by atoms with Crippen molar-refractivity contribution in [3.05, 3.63) is 60.9 Å². The van der Waals surface area contributed by atoms with Crippen molar-refractivity contribution in [3.8, 4) is 11.4 Å². The van der Waals surface area contributed by atoms with Gasteiger partial charge in [-0.05, 0) is 17.7 Å². The van der Waals surface area contributed by atoms with Crippen LogP contribution in [0.4, 0.5) is 5.95 Å². The lowest BCUT2D eigenvalue weighted by molar-refractivity contribution is 0.122. The second-order valence-corrected chi connectivity index (χ2v) is 6.44. The zero-order valence-corrected chi connectivity index (χ0v) is 14.8. The van der Waals surface area contributed by atoms with E-state index in [1.165, 1.54) is 5.56 Å². The molecule has 0 bridgehead atoms. The molecule has 1 aliphatic heterocycles. The van der Waals surface area contributed by atoms with Gasteiger partial charge in [0.05, 0.1) is 30.8 Å². The molecule has 1 fully saturated rings. The van der Waals surface area contributed by atoms with E-state index < -0.39 is 0 Å². The molecule has 0 aromatic carbocycles. The minimum atomic E-state index is 0.705. The average Bonchev–Trinajstić information content (AvgIpc) is 3.39. The summed E-state index contributed by atoms with van der Waals surface area (Å²) in [5.74, 6) is 1.59. The van der Waals surface area contributed by atoms with Crippen molar-refractivity contribution in [1.82, 2.24) is 29.1 Å². The number of aromatic nitrogens is 6. The fraction of sp³-hybridized carbons (Fsp3) is 0.263. The molecule has 0 N–H and O–H groups in total. The number of hydrogen-bond donors (Lipinski definition) is 0. The number of fused-ring (bicyclic) bond motifs is 1. The molecule has 5 rings (SSSR count). The number of morpholine rings is 1. The van der Waals surface area contributed by atoms with E-state index in [-0.39, 0.29) is 0 Å². The Labute approximate surface area is 156 Å². The first-order valence-corrected chi connectivity index (χ1v) is 8.96. The Morgan fingerprint density at radius 1 is 0.963 bits per heavy atom. The standard InChI is InChI=1S/C19H19N7O/c1-2-15(17-3-4-23-26(17)6-1)14-25-7-5-20-18(25)16-12-21-19(22-13-16)24-8-10-27-11-9-24/h1-7,12-13H,8-11,14H2. The molecule has 8 nitrogen and oxygen atoms in total. The SMILES string of the molecule is c1cc(Cn2ccnc2-c2cnc(N3CCOCC3)nc2)c2ccnn2c1. The van der Waals surface area contributed by atoms with Gasteiger partial charge in [-0.3, -0.25) is 0 Å². The molecule has 8 heteroatoms. The minimum absolute atomic E-state index is 0.705. The van der Waals surface area contributed by atoms with E-state index in [0.717, 1.165) is 49.2 Å². The van der Waals surface area contributed by atoms with Crippen LogP contribution in [-0.4, -0.2) is 55.4 Å². The highest BCUT2D eigenvalue weighted by molar-refractivity contribution is 5.57. The van der Waals surface area contributed by atoms with Gasteiger partial charge in [-0.25, -0.2) is 19.5 Å². The molecule has 0 spiro atoms. The Hall–Kier alpha value is -3.26. The third kappa shape index (κ3) is 3.04. The van der Waals surface area contributed by atoms with Crippen molar-refractivity contribution < 1.29 is 4.74 Å². The summed E-state index contributed by atoms with van der Waals surface area (Å²) in [6.07, 6.45) is 11.2. The summed E-state index contributed by atoms with van der Waals surface area (Å²) in [5, 5.41) is 4.30. The zero-order chi connectivity index (χ0) is 18.1. The van der Waals surface area contributed by atoms with Crippen molar-refractivity contribution in [2.45, 2.75) is 6.54 Å². The van der Waals surface area contributed by atoms with Crippen LogP contribution in [0.5, 0.6) is 0 Å². The van der Waals surface area contributed by atoms with Gasteiger partial charge in [-0.1, -0.05) is 6.07 Å². The van der Waals surface area contributed by atoms with E-state index in [4.69, 9.17) is 4.74 Å². The maximum absolute atomic E-state index is 5.38. The lowest BCUT2D eigenvalue weighted by atomic mass is 10.2. The predicted octanol–water partition coefficient (Wildman–Crippen LogP) is 1.87. The number of anilines is 1. The van der Waals surface area contributed by atoms with Crippen LogP contribution in [0.1, 0.15) is 5.56 Å². The molecule has 4 aromatic heterocycles. The Kier molecular flexibility index (Phi) is 4.02. The Morgan fingerprint density at radius 2 is 1.81 bits per heavy atom. The van der Waals surface area contributed by atoms with Gasteiger partial charge >= 0.3 is 0 Å². The molecule has 136 valence electrons. The molecule has 0 aliphatic carbocycles. The molecule has 0 unspecified atom stereocenters. The lowest BCUT2D eigenvalue weighted by Gasteiger charge is -2.26. The molecule has 27 heavy (non-hydrogen) atoms. The topological polar surface area (TPSA) is 73.4 Å². The molecule has 5 heterocycles. The van der Waals surface area contributed by atoms with Crippen molar-refractivity contribution in [2.24, 2.45) is 0 Å². The number of rotatable bonds is 4. The van der Waals surface area contributed by atoms with E-state index in [1.54, 1.807) is 0 Å². The van der Waals surface area contributed by atoms with Gasteiger partial charge in [0, 0.05) is 50.3 Å². The molecule has 0 saturated carbocycles. The first kappa shape index (κ1) is 16.0. The quantitative estimate of drug-likeness (QED) is 0.553. The van der Waals surface area contributed by atoms with Crippen LogP contribution in [0.2, 0.25) is 0 Å². The van der Waals surface area contributed by atoms with Crippen molar-refractivity contribution >= 4 is 11.5 Å². The van der Waals surface area contributed by atoms with Gasteiger partial charge in [0.1, 0.15) is 5.82 Å². The highest BCUT2D eigenvalue weighted by Gasteiger charge is 2.15. The summed E-state index contributed by atoms with van der Waals surface area (Å²) in [6.45, 7) is 3.79. The molecular weight excluding hydrogens is 342 g/mol. The second-order valence-electron chi connectivity index (χ2n) is 6.44. The summed E-state index contributed by atoms with van der Waals surface area (Å²) in [4.78, 5) is 15.7. The third-order valence-corrected chi connectivity index (χ3v) is 4.77. The van der Waals surface area contributed by atoms with Gasteiger partial charge in [-0.2, -0.15) is 5.10 Å². The van der Waals surface area contributed by atoms with Crippen molar-refractivity contribution in [1.29, 1.82) is 0 Å². The van der Waals surface area contributed by atoms with E-state index >= 15 is 0 Å². The maximum atomic E-state index is 5.38. The second kappa shape index (κ2) is 6.81. The van der Waals surface area contributed by atoms with Crippen molar-refractivity contribution in [3.63, 3.8) is 0 Å². The fourth-order valence-electron chi connectivity index (χ4n) is 3.39. The fourth-order valence-corrected chi connectivity index (χ4v) is 3.39. The molecule has 0 amide bonds. The largest absolute Gasteiger partial charge is 0.378 e. The van der Waals surface area contributed by atoms with Crippen LogP contribution in [0.3, 0.4) is 0 Å². The Bertz CT molecular complexity index is 1050. The summed E-state index contributed by atoms with van der Waals surface area (Å²) in [5.41, 5.74) is 3.17. The number of ether oxygens (including phenoxy) is 1. The summed E-state index contributed by atoms with van der Waals surface area (Å²) in [7, 11) is 0. The smallest absolute Gasteiger partial charge is 0.225 e. The molecule has 1 saturated heterocycles. The third-order valence-electron chi connectivity index (χ3n) is 4.77. The molecule has 4 aromatic rings. The van der Waals surface area contributed by atoms with Gasteiger partial charge < -0.3 is 14.2 Å². The molecule has 0 atom stereocenters. The van der Waals surface area contributed by atoms with Gasteiger partial charge in [0.15, 0.2) is 0 Å². The first-order chi connectivity index (χ1) is 13.4. The van der Waals surface area contributed by atoms with Crippen molar-refractivity contribution in [2.75, 3.05) is 31.2 Å². The number of imidazole rings is 1. The highest BCUT2D eigenvalue weighted by atomic mass is 16.5. The number of nitrogens with zero attached hydrogens (tertiary/aromatic N) is 7. The first-order valence-electron chi connectivity index (χ1n) is 8.96. The normalized spacial score (nSPS) is 14.7. The summed E-state index contributed by atoms with van der Waals surface area (Å²) < 4.78 is 9.37. The molecule has 0 radical (unpaired) electrons. The van der Waals surface area contributed by atoms with Gasteiger partial charge in [0.2, 0.25) is 5.95 Å². The highest BCUT2D eigenvalue weighted by Crippen LogP contribution is 2.20. The van der Waals surface area contributed by atoms with E-state index in [1.807, 2.05) is 53.8 Å². The molecule has 1 aliphatic rings.